The maximum absolute atomic E-state index is 13.4. The highest BCUT2D eigenvalue weighted by Crippen LogP contribution is 2.66. The van der Waals surface area contributed by atoms with Crippen LogP contribution in [0.2, 0.25) is 0 Å². The van der Waals surface area contributed by atoms with Crippen LogP contribution >= 0.6 is 0 Å². The minimum absolute atomic E-state index is 0.00224. The van der Waals surface area contributed by atoms with Gasteiger partial charge in [0.1, 0.15) is 11.7 Å². The number of nitrogens with zero attached hydrogens (tertiary/aromatic N) is 2. The topological polar surface area (TPSA) is 79.3 Å². The number of rotatable bonds is 4. The SMILES string of the molecule is CC(=O)O[C@@]12CC[C@H](N(C)C(=O)C=Cc3cccc(C)c3)[C@@H]3Oc4c(O)ccc5c4[C@@]31CCN(C)[C@@H]2C5. The summed E-state index contributed by atoms with van der Waals surface area (Å²) >= 11 is 0. The van der Waals surface area contributed by atoms with Gasteiger partial charge in [-0.3, -0.25) is 14.5 Å². The zero-order chi connectivity index (χ0) is 26.1. The third-order valence-electron chi connectivity index (χ3n) is 9.29. The molecule has 1 saturated heterocycles. The summed E-state index contributed by atoms with van der Waals surface area (Å²) in [6, 6.07) is 11.5. The van der Waals surface area contributed by atoms with Crippen LogP contribution in [0.3, 0.4) is 0 Å². The first-order valence-corrected chi connectivity index (χ1v) is 13.1. The predicted molar refractivity (Wildman–Crippen MR) is 139 cm³/mol. The highest BCUT2D eigenvalue weighted by molar-refractivity contribution is 5.92. The normalized spacial score (nSPS) is 31.5. The number of likely N-dealkylation sites (tertiary alicyclic amines) is 1. The number of ether oxygens (including phenoxy) is 2. The number of amides is 1. The summed E-state index contributed by atoms with van der Waals surface area (Å²) in [6.45, 7) is 4.32. The fourth-order valence-electron chi connectivity index (χ4n) is 7.78. The Labute approximate surface area is 217 Å². The molecular weight excluding hydrogens is 468 g/mol. The quantitative estimate of drug-likeness (QED) is 0.509. The van der Waals surface area contributed by atoms with Crippen LogP contribution in [0.5, 0.6) is 11.5 Å². The van der Waals surface area contributed by atoms with Gasteiger partial charge in [-0.15, -0.1) is 0 Å². The number of carbonyl (C=O) groups excluding carboxylic acids is 2. The van der Waals surface area contributed by atoms with Gasteiger partial charge in [-0.1, -0.05) is 35.9 Å². The van der Waals surface area contributed by atoms with E-state index in [-0.39, 0.29) is 29.7 Å². The molecule has 2 aliphatic carbocycles. The molecule has 2 aromatic carbocycles. The highest BCUT2D eigenvalue weighted by Gasteiger charge is 2.75. The lowest BCUT2D eigenvalue weighted by atomic mass is 9.48. The highest BCUT2D eigenvalue weighted by atomic mass is 16.6. The molecule has 7 nitrogen and oxygen atoms in total. The van der Waals surface area contributed by atoms with Gasteiger partial charge in [0, 0.05) is 25.6 Å². The number of piperidine rings is 1. The Kier molecular flexibility index (Phi) is 5.42. The van der Waals surface area contributed by atoms with Crippen molar-refractivity contribution in [2.24, 2.45) is 0 Å². The van der Waals surface area contributed by atoms with Crippen LogP contribution in [0, 0.1) is 6.92 Å². The van der Waals surface area contributed by atoms with Gasteiger partial charge in [0.25, 0.3) is 0 Å². The molecule has 2 fully saturated rings. The van der Waals surface area contributed by atoms with Gasteiger partial charge in [-0.25, -0.2) is 0 Å². The van der Waals surface area contributed by atoms with Crippen molar-refractivity contribution in [2.75, 3.05) is 20.6 Å². The lowest BCUT2D eigenvalue weighted by molar-refractivity contribution is -0.220. The standard InChI is InChI=1S/C30H34N2O5/c1-18-6-5-7-20(16-18)8-11-25(35)32(4)22-12-13-30(37-19(2)33)24-17-21-9-10-23(34)27-26(21)29(30,28(22)36-27)14-15-31(24)3/h5-11,16,22,24,28,34H,12-15,17H2,1-4H3/t22-,24+,28-,29-,30+/m0/s1. The first-order valence-electron chi connectivity index (χ1n) is 13.1. The number of aromatic hydroxyl groups is 1. The number of likely N-dealkylation sites (N-methyl/N-ethyl adjacent to an activating group) is 2. The van der Waals surface area contributed by atoms with Crippen molar-refractivity contribution >= 4 is 18.0 Å². The third kappa shape index (κ3) is 3.29. The van der Waals surface area contributed by atoms with E-state index < -0.39 is 17.1 Å². The van der Waals surface area contributed by atoms with Crippen molar-refractivity contribution in [1.29, 1.82) is 0 Å². The minimum Gasteiger partial charge on any atom is -0.504 e. The molecular formula is C30H34N2O5. The molecule has 6 rings (SSSR count). The Bertz CT molecular complexity index is 1320. The molecule has 194 valence electrons. The largest absolute Gasteiger partial charge is 0.504 e. The van der Waals surface area contributed by atoms with Crippen molar-refractivity contribution in [3.63, 3.8) is 0 Å². The van der Waals surface area contributed by atoms with Crippen LogP contribution in [0.15, 0.2) is 42.5 Å². The van der Waals surface area contributed by atoms with Gasteiger partial charge < -0.3 is 19.5 Å². The van der Waals surface area contributed by atoms with E-state index in [0.29, 0.717) is 18.6 Å². The number of hydrogen-bond donors (Lipinski definition) is 1. The number of hydrogen-bond acceptors (Lipinski definition) is 6. The molecule has 1 amide bonds. The van der Waals surface area contributed by atoms with Gasteiger partial charge in [0.05, 0.1) is 17.5 Å². The third-order valence-corrected chi connectivity index (χ3v) is 9.29. The number of benzene rings is 2. The average molecular weight is 503 g/mol. The van der Waals surface area contributed by atoms with Crippen molar-refractivity contribution < 1.29 is 24.2 Å². The van der Waals surface area contributed by atoms with Gasteiger partial charge in [-0.05, 0) is 69.5 Å². The van der Waals surface area contributed by atoms with Crippen LogP contribution in [-0.4, -0.2) is 71.2 Å². The van der Waals surface area contributed by atoms with Crippen molar-refractivity contribution in [3.8, 4) is 11.5 Å². The second kappa shape index (κ2) is 8.35. The van der Waals surface area contributed by atoms with Crippen molar-refractivity contribution in [3.05, 3.63) is 64.7 Å². The zero-order valence-electron chi connectivity index (χ0n) is 21.9. The van der Waals surface area contributed by atoms with E-state index in [1.807, 2.05) is 50.4 Å². The van der Waals surface area contributed by atoms with Crippen LogP contribution in [0.4, 0.5) is 0 Å². The second-order valence-electron chi connectivity index (χ2n) is 11.2. The molecule has 2 aliphatic heterocycles. The Balaban J connectivity index is 1.42. The van der Waals surface area contributed by atoms with E-state index in [4.69, 9.17) is 9.47 Å². The molecule has 0 unspecified atom stereocenters. The van der Waals surface area contributed by atoms with E-state index in [1.165, 1.54) is 6.92 Å². The summed E-state index contributed by atoms with van der Waals surface area (Å²) in [7, 11) is 3.92. The molecule has 0 radical (unpaired) electrons. The summed E-state index contributed by atoms with van der Waals surface area (Å²) in [5, 5.41) is 10.9. The molecule has 2 bridgehead atoms. The molecule has 1 saturated carbocycles. The second-order valence-corrected chi connectivity index (χ2v) is 11.2. The molecule has 1 spiro atoms. The molecule has 0 aromatic heterocycles. The van der Waals surface area contributed by atoms with E-state index in [1.54, 1.807) is 17.0 Å². The van der Waals surface area contributed by atoms with Crippen LogP contribution < -0.4 is 4.74 Å². The Hall–Kier alpha value is -3.32. The van der Waals surface area contributed by atoms with Crippen molar-refractivity contribution in [1.82, 2.24) is 9.80 Å². The molecule has 5 atom stereocenters. The van der Waals surface area contributed by atoms with E-state index in [0.717, 1.165) is 41.6 Å². The molecule has 1 N–H and O–H groups in total. The smallest absolute Gasteiger partial charge is 0.303 e. The molecule has 37 heavy (non-hydrogen) atoms. The lowest BCUT2D eigenvalue weighted by Crippen LogP contribution is -2.78. The van der Waals surface area contributed by atoms with Gasteiger partial charge in [0.15, 0.2) is 11.5 Å². The fraction of sp³-hybridized carbons (Fsp3) is 0.467. The van der Waals surface area contributed by atoms with E-state index >= 15 is 0 Å². The monoisotopic (exact) mass is 502 g/mol. The van der Waals surface area contributed by atoms with Gasteiger partial charge in [0.2, 0.25) is 5.91 Å². The number of esters is 1. The predicted octanol–water partition coefficient (Wildman–Crippen LogP) is 3.60. The van der Waals surface area contributed by atoms with Crippen molar-refractivity contribution in [2.45, 2.75) is 68.7 Å². The Morgan fingerprint density at radius 1 is 1.24 bits per heavy atom. The Morgan fingerprint density at radius 3 is 2.81 bits per heavy atom. The molecule has 7 heteroatoms. The zero-order valence-corrected chi connectivity index (χ0v) is 21.9. The summed E-state index contributed by atoms with van der Waals surface area (Å²) in [6.07, 6.45) is 5.73. The van der Waals surface area contributed by atoms with Crippen LogP contribution in [0.1, 0.15) is 48.4 Å². The number of aryl methyl sites for hydroxylation is 1. The molecule has 2 aromatic rings. The van der Waals surface area contributed by atoms with E-state index in [9.17, 15) is 14.7 Å². The first-order chi connectivity index (χ1) is 17.7. The summed E-state index contributed by atoms with van der Waals surface area (Å²) in [5.74, 6) is 0.181. The van der Waals surface area contributed by atoms with Gasteiger partial charge in [-0.2, -0.15) is 0 Å². The summed E-state index contributed by atoms with van der Waals surface area (Å²) in [5.41, 5.74) is 2.81. The van der Waals surface area contributed by atoms with E-state index in [2.05, 4.69) is 11.9 Å². The van der Waals surface area contributed by atoms with Gasteiger partial charge >= 0.3 is 5.97 Å². The summed E-state index contributed by atoms with van der Waals surface area (Å²) < 4.78 is 13.0. The number of phenols is 1. The number of phenolic OH excluding ortho intramolecular Hbond substituents is 1. The maximum Gasteiger partial charge on any atom is 0.303 e. The Morgan fingerprint density at radius 2 is 2.05 bits per heavy atom. The number of carbonyl (C=O) groups is 2. The first kappa shape index (κ1) is 24.0. The summed E-state index contributed by atoms with van der Waals surface area (Å²) in [4.78, 5) is 30.1. The fourth-order valence-corrected chi connectivity index (χ4v) is 7.78. The minimum atomic E-state index is -0.777. The average Bonchev–Trinajstić information content (AvgIpc) is 3.21. The molecule has 2 heterocycles. The lowest BCUT2D eigenvalue weighted by Gasteiger charge is -2.65. The van der Waals surface area contributed by atoms with Crippen LogP contribution in [-0.2, 0) is 26.2 Å². The van der Waals surface area contributed by atoms with Crippen LogP contribution in [0.25, 0.3) is 6.08 Å². The maximum atomic E-state index is 13.4. The molecule has 4 aliphatic rings.